The number of rotatable bonds is 5. The van der Waals surface area contributed by atoms with Crippen LogP contribution in [0.2, 0.25) is 0 Å². The van der Waals surface area contributed by atoms with E-state index in [2.05, 4.69) is 36.3 Å². The van der Waals surface area contributed by atoms with Crippen LogP contribution in [-0.4, -0.2) is 23.7 Å². The van der Waals surface area contributed by atoms with Crippen molar-refractivity contribution in [3.63, 3.8) is 0 Å². The molecule has 0 aromatic carbocycles. The summed E-state index contributed by atoms with van der Waals surface area (Å²) in [7, 11) is 0. The summed E-state index contributed by atoms with van der Waals surface area (Å²) in [5.74, 6) is 0. The second kappa shape index (κ2) is 6.86. The van der Waals surface area contributed by atoms with Crippen LogP contribution < -0.4 is 5.32 Å². The minimum Gasteiger partial charge on any atom is -0.378 e. The van der Waals surface area contributed by atoms with Crippen molar-refractivity contribution < 1.29 is 4.74 Å². The maximum absolute atomic E-state index is 5.79. The summed E-state index contributed by atoms with van der Waals surface area (Å²) < 4.78 is 5.79. The molecule has 3 atom stereocenters. The molecule has 1 aromatic heterocycles. The molecule has 1 aromatic rings. The molecule has 1 fully saturated rings. The molecule has 1 saturated heterocycles. The van der Waals surface area contributed by atoms with Crippen molar-refractivity contribution in [2.45, 2.75) is 57.7 Å². The molecular weight excluding hydrogens is 224 g/mol. The zero-order valence-electron chi connectivity index (χ0n) is 11.4. The second-order valence-corrected chi connectivity index (χ2v) is 5.17. The Kier molecular flexibility index (Phi) is 5.14. The van der Waals surface area contributed by atoms with Gasteiger partial charge in [0.25, 0.3) is 0 Å². The van der Waals surface area contributed by atoms with Gasteiger partial charge in [-0.05, 0) is 43.9 Å². The summed E-state index contributed by atoms with van der Waals surface area (Å²) in [6.45, 7) is 5.34. The first-order valence-corrected chi connectivity index (χ1v) is 7.07. The quantitative estimate of drug-likeness (QED) is 0.869. The van der Waals surface area contributed by atoms with Gasteiger partial charge in [0.2, 0.25) is 0 Å². The molecule has 2 unspecified atom stereocenters. The Morgan fingerprint density at radius 3 is 2.94 bits per heavy atom. The van der Waals surface area contributed by atoms with Crippen LogP contribution in [0.25, 0.3) is 0 Å². The van der Waals surface area contributed by atoms with Crippen LogP contribution >= 0.6 is 0 Å². The Labute approximate surface area is 110 Å². The van der Waals surface area contributed by atoms with Crippen LogP contribution in [0.4, 0.5) is 0 Å². The molecule has 2 rings (SSSR count). The van der Waals surface area contributed by atoms with E-state index in [0.29, 0.717) is 18.2 Å². The van der Waals surface area contributed by atoms with E-state index < -0.39 is 0 Å². The summed E-state index contributed by atoms with van der Waals surface area (Å²) in [5.41, 5.74) is 1.31. The van der Waals surface area contributed by atoms with E-state index in [1.54, 1.807) is 0 Å². The molecule has 100 valence electrons. The average molecular weight is 248 g/mol. The number of hydrogen-bond acceptors (Lipinski definition) is 3. The zero-order valence-corrected chi connectivity index (χ0v) is 11.4. The van der Waals surface area contributed by atoms with Crippen molar-refractivity contribution in [3.05, 3.63) is 30.1 Å². The Morgan fingerprint density at radius 2 is 2.22 bits per heavy atom. The van der Waals surface area contributed by atoms with Gasteiger partial charge in [-0.15, -0.1) is 0 Å². The van der Waals surface area contributed by atoms with Crippen molar-refractivity contribution in [1.82, 2.24) is 10.3 Å². The highest BCUT2D eigenvalue weighted by molar-refractivity contribution is 5.14. The highest BCUT2D eigenvalue weighted by Gasteiger charge is 2.23. The number of aromatic nitrogens is 1. The lowest BCUT2D eigenvalue weighted by Gasteiger charge is -2.32. The molecule has 18 heavy (non-hydrogen) atoms. The van der Waals surface area contributed by atoms with E-state index in [4.69, 9.17) is 4.74 Å². The fraction of sp³-hybridized carbons (Fsp3) is 0.667. The Balaban J connectivity index is 1.85. The number of nitrogens with one attached hydrogen (secondary N) is 1. The molecule has 0 bridgehead atoms. The van der Waals surface area contributed by atoms with E-state index in [-0.39, 0.29) is 0 Å². The van der Waals surface area contributed by atoms with E-state index in [1.807, 2.05) is 12.4 Å². The molecule has 2 heterocycles. The molecule has 1 N–H and O–H groups in total. The van der Waals surface area contributed by atoms with Crippen molar-refractivity contribution in [1.29, 1.82) is 0 Å². The minimum atomic E-state index is 0.387. The number of hydrogen-bond donors (Lipinski definition) is 1. The summed E-state index contributed by atoms with van der Waals surface area (Å²) >= 11 is 0. The van der Waals surface area contributed by atoms with Gasteiger partial charge in [-0.2, -0.15) is 0 Å². The van der Waals surface area contributed by atoms with Crippen LogP contribution in [-0.2, 0) is 4.74 Å². The van der Waals surface area contributed by atoms with Gasteiger partial charge in [0.1, 0.15) is 0 Å². The van der Waals surface area contributed by atoms with Gasteiger partial charge < -0.3 is 10.1 Å². The van der Waals surface area contributed by atoms with E-state index >= 15 is 0 Å². The fourth-order valence-electron chi connectivity index (χ4n) is 2.66. The lowest BCUT2D eigenvalue weighted by atomic mass is 9.98. The Hall–Kier alpha value is -0.930. The third kappa shape index (κ3) is 3.79. The van der Waals surface area contributed by atoms with Crippen LogP contribution in [0, 0.1) is 0 Å². The average Bonchev–Trinajstić information content (AvgIpc) is 2.40. The first-order chi connectivity index (χ1) is 8.79. The van der Waals surface area contributed by atoms with Gasteiger partial charge in [-0.3, -0.25) is 4.98 Å². The summed E-state index contributed by atoms with van der Waals surface area (Å²) in [6, 6.07) is 5.14. The molecule has 3 nitrogen and oxygen atoms in total. The van der Waals surface area contributed by atoms with Crippen molar-refractivity contribution in [2.75, 3.05) is 6.61 Å². The van der Waals surface area contributed by atoms with E-state index in [9.17, 15) is 0 Å². The van der Waals surface area contributed by atoms with Crippen LogP contribution in [0.3, 0.4) is 0 Å². The molecule has 0 radical (unpaired) electrons. The van der Waals surface area contributed by atoms with Gasteiger partial charge in [-0.25, -0.2) is 0 Å². The molecular formula is C15H24N2O. The SMILES string of the molecule is CCCC1CC(N[C@@H](C)c2ccncc2)CCO1. The third-order valence-electron chi connectivity index (χ3n) is 3.67. The predicted octanol–water partition coefficient (Wildman–Crippen LogP) is 3.08. The summed E-state index contributed by atoms with van der Waals surface area (Å²) in [4.78, 5) is 4.06. The molecule has 0 saturated carbocycles. The first kappa shape index (κ1) is 13.5. The second-order valence-electron chi connectivity index (χ2n) is 5.17. The van der Waals surface area contributed by atoms with Crippen LogP contribution in [0.15, 0.2) is 24.5 Å². The summed E-state index contributed by atoms with van der Waals surface area (Å²) in [6.07, 6.45) is 8.82. The normalized spacial score (nSPS) is 25.9. The lowest BCUT2D eigenvalue weighted by Crippen LogP contribution is -2.40. The molecule has 0 spiro atoms. The highest BCUT2D eigenvalue weighted by atomic mass is 16.5. The van der Waals surface area contributed by atoms with Gasteiger partial charge in [-0.1, -0.05) is 13.3 Å². The zero-order chi connectivity index (χ0) is 12.8. The van der Waals surface area contributed by atoms with E-state index in [0.717, 1.165) is 19.4 Å². The maximum Gasteiger partial charge on any atom is 0.0589 e. The topological polar surface area (TPSA) is 34.2 Å². The van der Waals surface area contributed by atoms with Crippen LogP contribution in [0.5, 0.6) is 0 Å². The largest absolute Gasteiger partial charge is 0.378 e. The van der Waals surface area contributed by atoms with Crippen molar-refractivity contribution >= 4 is 0 Å². The first-order valence-electron chi connectivity index (χ1n) is 7.07. The highest BCUT2D eigenvalue weighted by Crippen LogP contribution is 2.21. The monoisotopic (exact) mass is 248 g/mol. The van der Waals surface area contributed by atoms with E-state index in [1.165, 1.54) is 18.4 Å². The number of ether oxygens (including phenoxy) is 1. The lowest BCUT2D eigenvalue weighted by molar-refractivity contribution is -0.00472. The van der Waals surface area contributed by atoms with Crippen molar-refractivity contribution in [3.8, 4) is 0 Å². The van der Waals surface area contributed by atoms with Gasteiger partial charge in [0, 0.05) is 31.1 Å². The third-order valence-corrected chi connectivity index (χ3v) is 3.67. The van der Waals surface area contributed by atoms with Gasteiger partial charge >= 0.3 is 0 Å². The Morgan fingerprint density at radius 1 is 1.44 bits per heavy atom. The summed E-state index contributed by atoms with van der Waals surface area (Å²) in [5, 5.41) is 3.72. The fourth-order valence-corrected chi connectivity index (χ4v) is 2.66. The molecule has 1 aliphatic heterocycles. The Bertz CT molecular complexity index is 340. The standard InChI is InChI=1S/C15H24N2O/c1-3-4-15-11-14(7-10-18-15)17-12(2)13-5-8-16-9-6-13/h5-6,8-9,12,14-15,17H,3-4,7,10-11H2,1-2H3/t12-,14?,15?/m0/s1. The smallest absolute Gasteiger partial charge is 0.0589 e. The van der Waals surface area contributed by atoms with Gasteiger partial charge in [0.15, 0.2) is 0 Å². The molecule has 1 aliphatic rings. The molecule has 0 aliphatic carbocycles. The predicted molar refractivity (Wildman–Crippen MR) is 73.5 cm³/mol. The molecule has 0 amide bonds. The molecule has 3 heteroatoms. The number of pyridine rings is 1. The number of nitrogens with zero attached hydrogens (tertiary/aromatic N) is 1. The van der Waals surface area contributed by atoms with Crippen molar-refractivity contribution in [2.24, 2.45) is 0 Å². The minimum absolute atomic E-state index is 0.387. The van der Waals surface area contributed by atoms with Gasteiger partial charge in [0.05, 0.1) is 6.10 Å². The maximum atomic E-state index is 5.79. The van der Waals surface area contributed by atoms with Crippen LogP contribution in [0.1, 0.15) is 51.1 Å².